The van der Waals surface area contributed by atoms with Crippen molar-refractivity contribution in [1.29, 1.82) is 0 Å². The van der Waals surface area contributed by atoms with Gasteiger partial charge in [0.25, 0.3) is 0 Å². The Morgan fingerprint density at radius 1 is 0.800 bits per heavy atom. The molecule has 3 heterocycles. The molecular formula is C20H24F3N5O2. The molecule has 0 radical (unpaired) electrons. The minimum absolute atomic E-state index is 0.199. The molecule has 1 aromatic carbocycles. The van der Waals surface area contributed by atoms with Crippen molar-refractivity contribution in [2.75, 3.05) is 62.3 Å². The first-order valence-electron chi connectivity index (χ1n) is 9.95. The summed E-state index contributed by atoms with van der Waals surface area (Å²) >= 11 is 0. The van der Waals surface area contributed by atoms with E-state index in [1.54, 1.807) is 12.1 Å². The third-order valence-corrected chi connectivity index (χ3v) is 5.23. The molecule has 30 heavy (non-hydrogen) atoms. The van der Waals surface area contributed by atoms with Crippen LogP contribution in [0.1, 0.15) is 5.56 Å². The molecule has 162 valence electrons. The number of ether oxygens (including phenoxy) is 2. The van der Waals surface area contributed by atoms with Crippen LogP contribution in [0.25, 0.3) is 0 Å². The minimum atomic E-state index is -4.67. The number of rotatable bonds is 5. The zero-order valence-corrected chi connectivity index (χ0v) is 16.5. The average Bonchev–Trinajstić information content (AvgIpc) is 2.75. The minimum Gasteiger partial charge on any atom is -0.406 e. The van der Waals surface area contributed by atoms with Crippen molar-refractivity contribution in [3.63, 3.8) is 0 Å². The average molecular weight is 423 g/mol. The van der Waals surface area contributed by atoms with E-state index in [2.05, 4.69) is 29.6 Å². The maximum absolute atomic E-state index is 12.3. The van der Waals surface area contributed by atoms with E-state index in [9.17, 15) is 13.2 Å². The molecule has 0 N–H and O–H groups in total. The Kier molecular flexibility index (Phi) is 6.24. The summed E-state index contributed by atoms with van der Waals surface area (Å²) in [4.78, 5) is 6.64. The first-order chi connectivity index (χ1) is 14.5. The number of alkyl halides is 3. The summed E-state index contributed by atoms with van der Waals surface area (Å²) in [6.45, 7) is 7.09. The van der Waals surface area contributed by atoms with Gasteiger partial charge >= 0.3 is 6.36 Å². The number of piperazine rings is 1. The lowest BCUT2D eigenvalue weighted by molar-refractivity contribution is -0.274. The quantitative estimate of drug-likeness (QED) is 0.733. The Balaban J connectivity index is 1.26. The van der Waals surface area contributed by atoms with Crippen molar-refractivity contribution in [1.82, 2.24) is 15.1 Å². The Labute approximate surface area is 173 Å². The molecule has 2 aromatic rings. The topological polar surface area (TPSA) is 54.0 Å². The summed E-state index contributed by atoms with van der Waals surface area (Å²) in [6.07, 6.45) is -4.67. The van der Waals surface area contributed by atoms with Crippen molar-refractivity contribution in [3.8, 4) is 5.75 Å². The fourth-order valence-electron chi connectivity index (χ4n) is 3.64. The van der Waals surface area contributed by atoms with Gasteiger partial charge in [0.1, 0.15) is 5.75 Å². The Bertz CT molecular complexity index is 803. The zero-order valence-electron chi connectivity index (χ0n) is 16.5. The fraction of sp³-hybridized carbons (Fsp3) is 0.500. The highest BCUT2D eigenvalue weighted by atomic mass is 19.4. The Hall–Kier alpha value is -2.59. The maximum Gasteiger partial charge on any atom is 0.573 e. The van der Waals surface area contributed by atoms with Gasteiger partial charge in [-0.05, 0) is 29.8 Å². The van der Waals surface area contributed by atoms with Crippen LogP contribution < -0.4 is 14.5 Å². The Morgan fingerprint density at radius 3 is 1.90 bits per heavy atom. The Morgan fingerprint density at radius 2 is 1.37 bits per heavy atom. The highest BCUT2D eigenvalue weighted by Crippen LogP contribution is 2.23. The number of nitrogens with zero attached hydrogens (tertiary/aromatic N) is 5. The van der Waals surface area contributed by atoms with E-state index in [0.29, 0.717) is 19.8 Å². The smallest absolute Gasteiger partial charge is 0.406 e. The van der Waals surface area contributed by atoms with Gasteiger partial charge < -0.3 is 19.3 Å². The number of morpholine rings is 1. The molecule has 0 amide bonds. The number of halogens is 3. The molecule has 2 aliphatic rings. The van der Waals surface area contributed by atoms with E-state index in [4.69, 9.17) is 4.74 Å². The molecule has 1 aromatic heterocycles. The highest BCUT2D eigenvalue weighted by molar-refractivity contribution is 5.45. The molecule has 0 spiro atoms. The van der Waals surface area contributed by atoms with Crippen LogP contribution in [0.5, 0.6) is 5.75 Å². The largest absolute Gasteiger partial charge is 0.573 e. The molecule has 7 nitrogen and oxygen atoms in total. The fourth-order valence-corrected chi connectivity index (χ4v) is 3.64. The van der Waals surface area contributed by atoms with Gasteiger partial charge in [0.05, 0.1) is 13.2 Å². The lowest BCUT2D eigenvalue weighted by atomic mass is 10.2. The highest BCUT2D eigenvalue weighted by Gasteiger charge is 2.31. The lowest BCUT2D eigenvalue weighted by Gasteiger charge is -2.35. The van der Waals surface area contributed by atoms with E-state index >= 15 is 0 Å². The van der Waals surface area contributed by atoms with Crippen LogP contribution >= 0.6 is 0 Å². The predicted molar refractivity (Wildman–Crippen MR) is 106 cm³/mol. The van der Waals surface area contributed by atoms with Gasteiger partial charge in [0, 0.05) is 45.8 Å². The van der Waals surface area contributed by atoms with Gasteiger partial charge in [-0.15, -0.1) is 23.4 Å². The van der Waals surface area contributed by atoms with E-state index in [0.717, 1.165) is 56.5 Å². The van der Waals surface area contributed by atoms with Gasteiger partial charge in [0.15, 0.2) is 11.6 Å². The number of benzene rings is 1. The van der Waals surface area contributed by atoms with Gasteiger partial charge in [-0.3, -0.25) is 4.90 Å². The zero-order chi connectivity index (χ0) is 21.0. The molecule has 0 bridgehead atoms. The van der Waals surface area contributed by atoms with Crippen LogP contribution in [-0.2, 0) is 11.3 Å². The SMILES string of the molecule is FC(F)(F)Oc1ccc(CN2CCN(c3ccc(N4CCOCC4)nn3)CC2)cc1. The second-order valence-electron chi connectivity index (χ2n) is 7.30. The number of hydrogen-bond donors (Lipinski definition) is 0. The van der Waals surface area contributed by atoms with Crippen LogP contribution in [0.3, 0.4) is 0 Å². The first kappa shape index (κ1) is 20.7. The standard InChI is InChI=1S/C20H24F3N5O2/c21-20(22,23)30-17-3-1-16(2-4-17)15-26-7-9-27(10-8-26)18-5-6-19(25-24-18)28-11-13-29-14-12-28/h1-6H,7-15H2. The van der Waals surface area contributed by atoms with Crippen LogP contribution in [0.15, 0.2) is 36.4 Å². The van der Waals surface area contributed by atoms with Crippen molar-refractivity contribution in [2.24, 2.45) is 0 Å². The molecule has 10 heteroatoms. The van der Waals surface area contributed by atoms with Crippen molar-refractivity contribution in [3.05, 3.63) is 42.0 Å². The van der Waals surface area contributed by atoms with Crippen LogP contribution in [0.4, 0.5) is 24.8 Å². The summed E-state index contributed by atoms with van der Waals surface area (Å²) in [5, 5.41) is 8.77. The van der Waals surface area contributed by atoms with Crippen LogP contribution in [0.2, 0.25) is 0 Å². The van der Waals surface area contributed by atoms with Crippen molar-refractivity contribution >= 4 is 11.6 Å². The maximum atomic E-state index is 12.3. The van der Waals surface area contributed by atoms with Crippen molar-refractivity contribution < 1.29 is 22.6 Å². The molecule has 2 fully saturated rings. The molecular weight excluding hydrogens is 399 g/mol. The summed E-state index contributed by atoms with van der Waals surface area (Å²) in [5.41, 5.74) is 0.952. The number of anilines is 2. The molecule has 4 rings (SSSR count). The molecule has 0 aliphatic carbocycles. The summed E-state index contributed by atoms with van der Waals surface area (Å²) in [5.74, 6) is 1.54. The molecule has 0 atom stereocenters. The van der Waals surface area contributed by atoms with Gasteiger partial charge in [-0.1, -0.05) is 12.1 Å². The van der Waals surface area contributed by atoms with Crippen molar-refractivity contribution in [2.45, 2.75) is 12.9 Å². The summed E-state index contributed by atoms with van der Waals surface area (Å²) in [7, 11) is 0. The normalized spacial score (nSPS) is 18.5. The summed E-state index contributed by atoms with van der Waals surface area (Å²) < 4.78 is 46.0. The van der Waals surface area contributed by atoms with Gasteiger partial charge in [0.2, 0.25) is 0 Å². The van der Waals surface area contributed by atoms with E-state index in [-0.39, 0.29) is 5.75 Å². The van der Waals surface area contributed by atoms with Gasteiger partial charge in [-0.2, -0.15) is 0 Å². The van der Waals surface area contributed by atoms with Crippen LogP contribution in [-0.4, -0.2) is 73.9 Å². The lowest BCUT2D eigenvalue weighted by Crippen LogP contribution is -2.46. The number of hydrogen-bond acceptors (Lipinski definition) is 7. The number of aromatic nitrogens is 2. The first-order valence-corrected chi connectivity index (χ1v) is 9.95. The predicted octanol–water partition coefficient (Wildman–Crippen LogP) is 2.53. The van der Waals surface area contributed by atoms with E-state index < -0.39 is 6.36 Å². The summed E-state index contributed by atoms with van der Waals surface area (Å²) in [6, 6.07) is 10.1. The monoisotopic (exact) mass is 423 g/mol. The molecule has 2 aliphatic heterocycles. The molecule has 0 unspecified atom stereocenters. The third-order valence-electron chi connectivity index (χ3n) is 5.23. The third kappa shape index (κ3) is 5.51. The second kappa shape index (κ2) is 9.05. The molecule has 0 saturated carbocycles. The van der Waals surface area contributed by atoms with E-state index in [1.165, 1.54) is 12.1 Å². The van der Waals surface area contributed by atoms with Crippen LogP contribution in [0, 0.1) is 0 Å². The second-order valence-corrected chi connectivity index (χ2v) is 7.30. The van der Waals surface area contributed by atoms with Gasteiger partial charge in [-0.25, -0.2) is 0 Å². The van der Waals surface area contributed by atoms with E-state index in [1.807, 2.05) is 12.1 Å². The molecule has 2 saturated heterocycles.